The maximum absolute atomic E-state index is 12.3. The minimum Gasteiger partial charge on any atom is -0.507 e. The van der Waals surface area contributed by atoms with Gasteiger partial charge in [-0.3, -0.25) is 4.79 Å². The van der Waals surface area contributed by atoms with Gasteiger partial charge in [-0.15, -0.1) is 0 Å². The molecular weight excluding hydrogens is 314 g/mol. The van der Waals surface area contributed by atoms with Crippen LogP contribution in [0, 0.1) is 0 Å². The molecule has 1 aromatic rings. The first-order valence-electron chi connectivity index (χ1n) is 5.62. The zero-order chi connectivity index (χ0) is 14.6. The topological polar surface area (TPSA) is 99.1 Å². The van der Waals surface area contributed by atoms with Crippen molar-refractivity contribution < 1.29 is 15.1 Å². The fourth-order valence-electron chi connectivity index (χ4n) is 1.54. The summed E-state index contributed by atoms with van der Waals surface area (Å²) in [6.07, 6.45) is 0. The van der Waals surface area contributed by atoms with Gasteiger partial charge >= 0.3 is 0 Å². The summed E-state index contributed by atoms with van der Waals surface area (Å²) in [6, 6.07) is 4.46. The summed E-state index contributed by atoms with van der Waals surface area (Å²) in [7, 11) is 0. The number of benzene rings is 1. The Balaban J connectivity index is 3.06. The number of nitrogens with two attached hydrogens (primary N) is 1. The number of amides is 1. The summed E-state index contributed by atoms with van der Waals surface area (Å²) in [5.41, 5.74) is 5.59. The largest absolute Gasteiger partial charge is 0.507 e. The highest BCUT2D eigenvalue weighted by Crippen LogP contribution is 2.24. The number of phenols is 1. The van der Waals surface area contributed by atoms with Crippen molar-refractivity contribution in [3.05, 3.63) is 28.2 Å². The van der Waals surface area contributed by atoms with Crippen molar-refractivity contribution in [2.75, 3.05) is 6.54 Å². The quantitative estimate of drug-likeness (QED) is 0.339. The van der Waals surface area contributed by atoms with Gasteiger partial charge in [0.1, 0.15) is 5.75 Å². The Morgan fingerprint density at radius 2 is 2.16 bits per heavy atom. The van der Waals surface area contributed by atoms with Crippen molar-refractivity contribution in [3.8, 4) is 5.75 Å². The normalized spacial score (nSPS) is 11.7. The molecule has 0 radical (unpaired) electrons. The molecule has 0 fully saturated rings. The second-order valence-electron chi connectivity index (χ2n) is 4.28. The minimum absolute atomic E-state index is 0.0114. The lowest BCUT2D eigenvalue weighted by Crippen LogP contribution is -2.42. The number of phenolic OH excluding ortho intramolecular Hbond substituents is 1. The lowest BCUT2D eigenvalue weighted by atomic mass is 10.1. The third kappa shape index (κ3) is 3.85. The standard InChI is InChI=1S/C12H16BrN3O3/c1-7(2)16(6-11(14)15-19)12(18)9-4-3-8(13)5-10(9)17/h3-5,7,17,19H,6H2,1-2H3,(H2,14,15). The van der Waals surface area contributed by atoms with Crippen LogP contribution < -0.4 is 5.73 Å². The molecule has 7 heteroatoms. The van der Waals surface area contributed by atoms with E-state index in [1.807, 2.05) is 0 Å². The van der Waals surface area contributed by atoms with Crippen LogP contribution in [0.3, 0.4) is 0 Å². The number of hydrogen-bond donors (Lipinski definition) is 3. The van der Waals surface area contributed by atoms with Gasteiger partial charge in [0.2, 0.25) is 0 Å². The molecule has 0 aliphatic carbocycles. The lowest BCUT2D eigenvalue weighted by molar-refractivity contribution is 0.0731. The molecule has 0 bridgehead atoms. The van der Waals surface area contributed by atoms with E-state index in [1.54, 1.807) is 19.9 Å². The molecule has 104 valence electrons. The Kier molecular flexibility index (Phi) is 5.17. The smallest absolute Gasteiger partial charge is 0.258 e. The summed E-state index contributed by atoms with van der Waals surface area (Å²) in [4.78, 5) is 13.7. The van der Waals surface area contributed by atoms with Crippen LogP contribution in [-0.4, -0.2) is 39.5 Å². The minimum atomic E-state index is -0.383. The first-order chi connectivity index (χ1) is 8.86. The van der Waals surface area contributed by atoms with Crippen LogP contribution in [-0.2, 0) is 0 Å². The molecule has 1 rings (SSSR count). The van der Waals surface area contributed by atoms with Gasteiger partial charge < -0.3 is 20.9 Å². The van der Waals surface area contributed by atoms with Crippen molar-refractivity contribution in [2.24, 2.45) is 10.9 Å². The van der Waals surface area contributed by atoms with Gasteiger partial charge in [-0.1, -0.05) is 21.1 Å². The number of carbonyl (C=O) groups is 1. The van der Waals surface area contributed by atoms with Crippen LogP contribution in [0.15, 0.2) is 27.8 Å². The fraction of sp³-hybridized carbons (Fsp3) is 0.333. The molecule has 0 atom stereocenters. The molecule has 0 heterocycles. The molecule has 0 saturated carbocycles. The number of nitrogens with zero attached hydrogens (tertiary/aromatic N) is 2. The average Bonchev–Trinajstić information content (AvgIpc) is 2.34. The van der Waals surface area contributed by atoms with E-state index in [0.717, 1.165) is 0 Å². The first-order valence-corrected chi connectivity index (χ1v) is 6.42. The monoisotopic (exact) mass is 329 g/mol. The van der Waals surface area contributed by atoms with E-state index in [0.29, 0.717) is 4.47 Å². The van der Waals surface area contributed by atoms with E-state index >= 15 is 0 Å². The van der Waals surface area contributed by atoms with E-state index in [9.17, 15) is 9.90 Å². The van der Waals surface area contributed by atoms with Crippen molar-refractivity contribution in [2.45, 2.75) is 19.9 Å². The lowest BCUT2D eigenvalue weighted by Gasteiger charge is -2.26. The van der Waals surface area contributed by atoms with E-state index < -0.39 is 0 Å². The highest BCUT2D eigenvalue weighted by Gasteiger charge is 2.22. The van der Waals surface area contributed by atoms with E-state index in [1.165, 1.54) is 17.0 Å². The SMILES string of the molecule is CC(C)N(CC(N)=NO)C(=O)c1ccc(Br)cc1O. The van der Waals surface area contributed by atoms with Gasteiger partial charge in [0, 0.05) is 10.5 Å². The highest BCUT2D eigenvalue weighted by atomic mass is 79.9. The maximum atomic E-state index is 12.3. The van der Waals surface area contributed by atoms with Crippen molar-refractivity contribution in [1.29, 1.82) is 0 Å². The summed E-state index contributed by atoms with van der Waals surface area (Å²) < 4.78 is 0.675. The molecule has 0 unspecified atom stereocenters. The van der Waals surface area contributed by atoms with E-state index in [-0.39, 0.29) is 35.6 Å². The number of aromatic hydroxyl groups is 1. The Bertz CT molecular complexity index is 503. The third-order valence-electron chi connectivity index (χ3n) is 2.54. The number of halogens is 1. The molecule has 0 aliphatic heterocycles. The van der Waals surface area contributed by atoms with E-state index in [4.69, 9.17) is 10.9 Å². The summed E-state index contributed by atoms with van der Waals surface area (Å²) in [6.45, 7) is 3.60. The Hall–Kier alpha value is -1.76. The molecule has 1 aromatic carbocycles. The number of carbonyl (C=O) groups excluding carboxylic acids is 1. The maximum Gasteiger partial charge on any atom is 0.258 e. The van der Waals surface area contributed by atoms with Crippen LogP contribution in [0.1, 0.15) is 24.2 Å². The Morgan fingerprint density at radius 1 is 1.53 bits per heavy atom. The molecule has 0 spiro atoms. The highest BCUT2D eigenvalue weighted by molar-refractivity contribution is 9.10. The predicted octanol–water partition coefficient (Wildman–Crippen LogP) is 1.75. The summed E-state index contributed by atoms with van der Waals surface area (Å²) in [5, 5.41) is 21.2. The van der Waals surface area contributed by atoms with Gasteiger partial charge in [-0.2, -0.15) is 0 Å². The Labute approximate surface area is 119 Å². The van der Waals surface area contributed by atoms with Crippen molar-refractivity contribution in [1.82, 2.24) is 4.90 Å². The van der Waals surface area contributed by atoms with Crippen molar-refractivity contribution in [3.63, 3.8) is 0 Å². The Morgan fingerprint density at radius 3 is 2.63 bits per heavy atom. The summed E-state index contributed by atoms with van der Waals surface area (Å²) >= 11 is 3.21. The molecule has 0 saturated heterocycles. The fourth-order valence-corrected chi connectivity index (χ4v) is 1.88. The number of hydrogen-bond acceptors (Lipinski definition) is 4. The zero-order valence-electron chi connectivity index (χ0n) is 10.7. The van der Waals surface area contributed by atoms with Crippen LogP contribution in [0.2, 0.25) is 0 Å². The van der Waals surface area contributed by atoms with Crippen molar-refractivity contribution >= 4 is 27.7 Å². The third-order valence-corrected chi connectivity index (χ3v) is 3.03. The van der Waals surface area contributed by atoms with Crippen LogP contribution in [0.25, 0.3) is 0 Å². The van der Waals surface area contributed by atoms with Gasteiger partial charge in [0.25, 0.3) is 5.91 Å². The molecule has 19 heavy (non-hydrogen) atoms. The second kappa shape index (κ2) is 6.42. The van der Waals surface area contributed by atoms with Crippen LogP contribution >= 0.6 is 15.9 Å². The number of rotatable bonds is 4. The summed E-state index contributed by atoms with van der Waals surface area (Å²) in [5.74, 6) is -0.574. The molecule has 1 amide bonds. The number of amidine groups is 1. The van der Waals surface area contributed by atoms with Crippen LogP contribution in [0.4, 0.5) is 0 Å². The van der Waals surface area contributed by atoms with E-state index in [2.05, 4.69) is 21.1 Å². The number of oxime groups is 1. The first kappa shape index (κ1) is 15.3. The van der Waals surface area contributed by atoms with Crippen LogP contribution in [0.5, 0.6) is 5.75 Å². The average molecular weight is 330 g/mol. The van der Waals surface area contributed by atoms with Gasteiger partial charge in [-0.05, 0) is 32.0 Å². The zero-order valence-corrected chi connectivity index (χ0v) is 12.3. The van der Waals surface area contributed by atoms with Gasteiger partial charge in [0.15, 0.2) is 5.84 Å². The molecule has 6 nitrogen and oxygen atoms in total. The van der Waals surface area contributed by atoms with Gasteiger partial charge in [-0.25, -0.2) is 0 Å². The molecule has 0 aliphatic rings. The molecule has 0 aromatic heterocycles. The second-order valence-corrected chi connectivity index (χ2v) is 5.20. The predicted molar refractivity (Wildman–Crippen MR) is 75.4 cm³/mol. The van der Waals surface area contributed by atoms with Gasteiger partial charge in [0.05, 0.1) is 12.1 Å². The molecular formula is C12H16BrN3O3. The molecule has 4 N–H and O–H groups in total.